The smallest absolute Gasteiger partial charge is 0.305 e. The molecule has 0 amide bonds. The van der Waals surface area contributed by atoms with Gasteiger partial charge in [0.05, 0.1) is 11.9 Å². The lowest BCUT2D eigenvalue weighted by Crippen LogP contribution is -2.02. The molecular formula is C12H26Cl2O3. The highest BCUT2D eigenvalue weighted by Gasteiger charge is 1.99. The van der Waals surface area contributed by atoms with Crippen molar-refractivity contribution in [2.75, 3.05) is 19.1 Å². The molecule has 0 aromatic carbocycles. The SMILES string of the molecule is CCCCCCCC(=O)OCC.CO.ClCCl. The Morgan fingerprint density at radius 3 is 1.94 bits per heavy atom. The highest BCUT2D eigenvalue weighted by molar-refractivity contribution is 6.40. The number of alkyl halides is 2. The van der Waals surface area contributed by atoms with Gasteiger partial charge in [0, 0.05) is 13.5 Å². The van der Waals surface area contributed by atoms with Gasteiger partial charge in [-0.05, 0) is 13.3 Å². The average molecular weight is 289 g/mol. The van der Waals surface area contributed by atoms with Crippen molar-refractivity contribution in [3.8, 4) is 0 Å². The maximum Gasteiger partial charge on any atom is 0.305 e. The molecule has 0 rings (SSSR count). The van der Waals surface area contributed by atoms with Crippen LogP contribution < -0.4 is 0 Å². The molecule has 0 heterocycles. The van der Waals surface area contributed by atoms with E-state index in [1.165, 1.54) is 19.3 Å². The molecule has 0 atom stereocenters. The van der Waals surface area contributed by atoms with Gasteiger partial charge in [-0.2, -0.15) is 0 Å². The third-order valence-electron chi connectivity index (χ3n) is 1.79. The zero-order chi connectivity index (χ0) is 13.9. The molecule has 5 heteroatoms. The number of rotatable bonds is 7. The molecule has 0 fully saturated rings. The Morgan fingerprint density at radius 1 is 1.06 bits per heavy atom. The number of aliphatic hydroxyl groups excluding tert-OH is 1. The van der Waals surface area contributed by atoms with E-state index in [4.69, 9.17) is 33.0 Å². The summed E-state index contributed by atoms with van der Waals surface area (Å²) in [6.45, 7) is 4.54. The molecule has 0 saturated heterocycles. The van der Waals surface area contributed by atoms with Crippen molar-refractivity contribution in [3.63, 3.8) is 0 Å². The number of aliphatic hydroxyl groups is 1. The minimum Gasteiger partial charge on any atom is -0.466 e. The molecule has 0 spiro atoms. The van der Waals surface area contributed by atoms with E-state index >= 15 is 0 Å². The minimum atomic E-state index is -0.0472. The van der Waals surface area contributed by atoms with Crippen molar-refractivity contribution in [2.45, 2.75) is 52.4 Å². The first-order valence-corrected chi connectivity index (χ1v) is 7.02. The summed E-state index contributed by atoms with van der Waals surface area (Å²) < 4.78 is 4.81. The Bertz CT molecular complexity index is 133. The van der Waals surface area contributed by atoms with Gasteiger partial charge in [0.25, 0.3) is 0 Å². The lowest BCUT2D eigenvalue weighted by atomic mass is 10.1. The third kappa shape index (κ3) is 31.4. The number of ether oxygens (including phenoxy) is 1. The monoisotopic (exact) mass is 288 g/mol. The lowest BCUT2D eigenvalue weighted by molar-refractivity contribution is -0.143. The van der Waals surface area contributed by atoms with Crippen molar-refractivity contribution < 1.29 is 14.6 Å². The topological polar surface area (TPSA) is 46.5 Å². The molecular weight excluding hydrogens is 263 g/mol. The number of carbonyl (C=O) groups is 1. The summed E-state index contributed by atoms with van der Waals surface area (Å²) in [5.41, 5.74) is 0. The fourth-order valence-corrected chi connectivity index (χ4v) is 1.11. The van der Waals surface area contributed by atoms with E-state index in [0.717, 1.165) is 20.0 Å². The Kier molecular flexibility index (Phi) is 32.7. The van der Waals surface area contributed by atoms with Crippen molar-refractivity contribution in [3.05, 3.63) is 0 Å². The van der Waals surface area contributed by atoms with Gasteiger partial charge in [-0.1, -0.05) is 32.6 Å². The molecule has 3 nitrogen and oxygen atoms in total. The fourth-order valence-electron chi connectivity index (χ4n) is 1.11. The largest absolute Gasteiger partial charge is 0.466 e. The molecule has 0 unspecified atom stereocenters. The Balaban J connectivity index is -0.000000337. The molecule has 0 saturated carbocycles. The van der Waals surface area contributed by atoms with E-state index < -0.39 is 0 Å². The molecule has 1 N–H and O–H groups in total. The second-order valence-electron chi connectivity index (χ2n) is 3.07. The van der Waals surface area contributed by atoms with Crippen LogP contribution in [0.25, 0.3) is 0 Å². The summed E-state index contributed by atoms with van der Waals surface area (Å²) in [7, 11) is 1.00. The third-order valence-corrected chi connectivity index (χ3v) is 1.79. The summed E-state index contributed by atoms with van der Waals surface area (Å²) in [4.78, 5) is 10.9. The predicted octanol–water partition coefficient (Wildman–Crippen LogP) is 3.94. The number of carbonyl (C=O) groups excluding carboxylic acids is 1. The summed E-state index contributed by atoms with van der Waals surface area (Å²) >= 11 is 9.53. The zero-order valence-electron chi connectivity index (χ0n) is 11.2. The van der Waals surface area contributed by atoms with Crippen LogP contribution in [-0.2, 0) is 9.53 Å². The van der Waals surface area contributed by atoms with Crippen LogP contribution in [0.1, 0.15) is 52.4 Å². The van der Waals surface area contributed by atoms with E-state index in [1.54, 1.807) is 0 Å². The van der Waals surface area contributed by atoms with E-state index in [-0.39, 0.29) is 11.3 Å². The second kappa shape index (κ2) is 25.0. The number of halogens is 2. The molecule has 0 aromatic heterocycles. The van der Waals surface area contributed by atoms with Gasteiger partial charge in [-0.3, -0.25) is 4.79 Å². The van der Waals surface area contributed by atoms with Gasteiger partial charge in [0.2, 0.25) is 0 Å². The molecule has 0 aliphatic rings. The fraction of sp³-hybridized carbons (Fsp3) is 0.917. The Hall–Kier alpha value is 0.01000. The first-order chi connectivity index (χ1) is 8.22. The standard InChI is InChI=1S/C10H20O2.CH2Cl2.CH4O/c1-3-5-6-7-8-9-10(11)12-4-2;2-1-3;1-2/h3-9H2,1-2H3;1H2;2H,1H3. The van der Waals surface area contributed by atoms with Gasteiger partial charge in [-0.15, -0.1) is 23.2 Å². The van der Waals surface area contributed by atoms with Gasteiger partial charge >= 0.3 is 5.97 Å². The maximum atomic E-state index is 10.9. The molecule has 0 aliphatic heterocycles. The second-order valence-corrected chi connectivity index (χ2v) is 3.88. The van der Waals surface area contributed by atoms with Crippen molar-refractivity contribution in [1.82, 2.24) is 0 Å². The Morgan fingerprint density at radius 2 is 1.53 bits per heavy atom. The van der Waals surface area contributed by atoms with Gasteiger partial charge in [0.1, 0.15) is 0 Å². The van der Waals surface area contributed by atoms with Crippen LogP contribution in [0.4, 0.5) is 0 Å². The van der Waals surface area contributed by atoms with Crippen LogP contribution in [0.15, 0.2) is 0 Å². The summed E-state index contributed by atoms with van der Waals surface area (Å²) in [6.07, 6.45) is 6.52. The summed E-state index contributed by atoms with van der Waals surface area (Å²) in [5.74, 6) is -0.0472. The predicted molar refractivity (Wildman–Crippen MR) is 74.7 cm³/mol. The zero-order valence-corrected chi connectivity index (χ0v) is 12.7. The molecule has 0 aromatic rings. The molecule has 17 heavy (non-hydrogen) atoms. The number of esters is 1. The van der Waals surface area contributed by atoms with Crippen LogP contribution >= 0.6 is 23.2 Å². The minimum absolute atomic E-state index is 0.0472. The van der Waals surface area contributed by atoms with Crippen LogP contribution in [0, 0.1) is 0 Å². The quantitative estimate of drug-likeness (QED) is 0.438. The normalized spacial score (nSPS) is 8.35. The van der Waals surface area contributed by atoms with Gasteiger partial charge in [-0.25, -0.2) is 0 Å². The molecule has 0 bridgehead atoms. The number of hydrogen-bond donors (Lipinski definition) is 1. The highest BCUT2D eigenvalue weighted by atomic mass is 35.5. The molecule has 0 aliphatic carbocycles. The van der Waals surface area contributed by atoms with E-state index in [1.807, 2.05) is 6.92 Å². The van der Waals surface area contributed by atoms with Gasteiger partial charge in [0.15, 0.2) is 0 Å². The van der Waals surface area contributed by atoms with Crippen LogP contribution in [-0.4, -0.2) is 30.1 Å². The van der Waals surface area contributed by atoms with Crippen molar-refractivity contribution in [1.29, 1.82) is 0 Å². The van der Waals surface area contributed by atoms with Crippen LogP contribution in [0.5, 0.6) is 0 Å². The van der Waals surface area contributed by atoms with Crippen LogP contribution in [0.2, 0.25) is 0 Å². The number of hydrogen-bond acceptors (Lipinski definition) is 3. The first kappa shape index (κ1) is 22.2. The summed E-state index contributed by atoms with van der Waals surface area (Å²) in [5, 5.41) is 7.19. The Labute approximate surface area is 115 Å². The first-order valence-electron chi connectivity index (χ1n) is 5.95. The lowest BCUT2D eigenvalue weighted by Gasteiger charge is -2.00. The average Bonchev–Trinajstić information content (AvgIpc) is 2.33. The maximum absolute atomic E-state index is 10.9. The van der Waals surface area contributed by atoms with Crippen molar-refractivity contribution >= 4 is 29.2 Å². The number of unbranched alkanes of at least 4 members (excludes halogenated alkanes) is 4. The van der Waals surface area contributed by atoms with E-state index in [2.05, 4.69) is 6.92 Å². The van der Waals surface area contributed by atoms with E-state index in [0.29, 0.717) is 13.0 Å². The van der Waals surface area contributed by atoms with Gasteiger partial charge < -0.3 is 9.84 Å². The molecule has 106 valence electrons. The summed E-state index contributed by atoms with van der Waals surface area (Å²) in [6, 6.07) is 0. The van der Waals surface area contributed by atoms with E-state index in [9.17, 15) is 4.79 Å². The van der Waals surface area contributed by atoms with Crippen LogP contribution in [0.3, 0.4) is 0 Å². The highest BCUT2D eigenvalue weighted by Crippen LogP contribution is 2.05. The van der Waals surface area contributed by atoms with Crippen molar-refractivity contribution in [2.24, 2.45) is 0 Å². The molecule has 0 radical (unpaired) electrons.